The van der Waals surface area contributed by atoms with E-state index in [2.05, 4.69) is 0 Å². The lowest BCUT2D eigenvalue weighted by Gasteiger charge is -2.15. The van der Waals surface area contributed by atoms with Gasteiger partial charge < -0.3 is 4.74 Å². The standard InChI is InChI=1S/C16H14F6O2/c17-15(18,19)11-7-10(8-12(9-11)16(20,21)22)14(23)5-4-13-3-1-2-6-24-13/h3,7-9H,1-2,4-6H2. The monoisotopic (exact) mass is 352 g/mol. The minimum absolute atomic E-state index is 0.00353. The fraction of sp³-hybridized carbons (Fsp3) is 0.438. The zero-order valence-electron chi connectivity index (χ0n) is 12.4. The lowest BCUT2D eigenvalue weighted by molar-refractivity contribution is -0.143. The van der Waals surface area contributed by atoms with Crippen molar-refractivity contribution in [3.05, 3.63) is 46.7 Å². The maximum Gasteiger partial charge on any atom is 0.416 e. The molecule has 0 saturated heterocycles. The molecule has 0 radical (unpaired) electrons. The third-order valence-corrected chi connectivity index (χ3v) is 3.52. The first-order chi connectivity index (χ1) is 11.1. The fourth-order valence-corrected chi connectivity index (χ4v) is 2.28. The zero-order valence-corrected chi connectivity index (χ0v) is 12.4. The van der Waals surface area contributed by atoms with E-state index < -0.39 is 34.8 Å². The normalized spacial score (nSPS) is 15.7. The topological polar surface area (TPSA) is 26.3 Å². The van der Waals surface area contributed by atoms with E-state index in [1.807, 2.05) is 0 Å². The van der Waals surface area contributed by atoms with Gasteiger partial charge in [0, 0.05) is 18.4 Å². The molecule has 1 aromatic carbocycles. The quantitative estimate of drug-likeness (QED) is 0.537. The molecule has 1 aliphatic rings. The Balaban J connectivity index is 2.24. The van der Waals surface area contributed by atoms with E-state index in [0.29, 0.717) is 24.5 Å². The molecule has 24 heavy (non-hydrogen) atoms. The van der Waals surface area contributed by atoms with Gasteiger partial charge in [-0.25, -0.2) is 0 Å². The average molecular weight is 352 g/mol. The van der Waals surface area contributed by atoms with Crippen LogP contribution in [0.5, 0.6) is 0 Å². The highest BCUT2D eigenvalue weighted by molar-refractivity contribution is 5.96. The van der Waals surface area contributed by atoms with E-state index in [9.17, 15) is 31.1 Å². The van der Waals surface area contributed by atoms with Gasteiger partial charge in [0.1, 0.15) is 0 Å². The first kappa shape index (κ1) is 18.4. The van der Waals surface area contributed by atoms with Crippen LogP contribution in [0.25, 0.3) is 0 Å². The van der Waals surface area contributed by atoms with Gasteiger partial charge in [0.15, 0.2) is 5.78 Å². The molecule has 0 bridgehead atoms. The van der Waals surface area contributed by atoms with Crippen molar-refractivity contribution >= 4 is 5.78 Å². The predicted octanol–water partition coefficient (Wildman–Crippen LogP) is 5.38. The van der Waals surface area contributed by atoms with Crippen molar-refractivity contribution < 1.29 is 35.9 Å². The van der Waals surface area contributed by atoms with Crippen LogP contribution in [0.4, 0.5) is 26.3 Å². The first-order valence-electron chi connectivity index (χ1n) is 7.22. The summed E-state index contributed by atoms with van der Waals surface area (Å²) < 4.78 is 81.9. The number of hydrogen-bond donors (Lipinski definition) is 0. The number of ether oxygens (including phenoxy) is 1. The molecule has 2 rings (SSSR count). The van der Waals surface area contributed by atoms with Gasteiger partial charge in [0.25, 0.3) is 0 Å². The van der Waals surface area contributed by atoms with Crippen molar-refractivity contribution in [1.82, 2.24) is 0 Å². The van der Waals surface area contributed by atoms with Crippen LogP contribution in [-0.4, -0.2) is 12.4 Å². The van der Waals surface area contributed by atoms with Crippen LogP contribution >= 0.6 is 0 Å². The molecule has 1 heterocycles. The SMILES string of the molecule is O=C(CCC1=CCCCO1)c1cc(C(F)(F)F)cc(C(F)(F)F)c1. The summed E-state index contributed by atoms with van der Waals surface area (Å²) in [6, 6.07) is 0.908. The number of allylic oxidation sites excluding steroid dienone is 2. The summed E-state index contributed by atoms with van der Waals surface area (Å²) in [5, 5.41) is 0. The lowest BCUT2D eigenvalue weighted by Crippen LogP contribution is -2.13. The van der Waals surface area contributed by atoms with Gasteiger partial charge >= 0.3 is 12.4 Å². The molecule has 0 saturated carbocycles. The second-order valence-corrected chi connectivity index (χ2v) is 5.38. The summed E-state index contributed by atoms with van der Waals surface area (Å²) in [7, 11) is 0. The first-order valence-corrected chi connectivity index (χ1v) is 7.22. The molecule has 1 aliphatic heterocycles. The highest BCUT2D eigenvalue weighted by atomic mass is 19.4. The van der Waals surface area contributed by atoms with Crippen molar-refractivity contribution in [1.29, 1.82) is 0 Å². The molecule has 0 aliphatic carbocycles. The number of hydrogen-bond acceptors (Lipinski definition) is 2. The number of halogens is 6. The fourth-order valence-electron chi connectivity index (χ4n) is 2.28. The van der Waals surface area contributed by atoms with E-state index in [0.717, 1.165) is 12.8 Å². The van der Waals surface area contributed by atoms with Gasteiger partial charge in [0.05, 0.1) is 23.5 Å². The number of Topliss-reactive ketones (excluding diaryl/α,β-unsaturated/α-hetero) is 1. The van der Waals surface area contributed by atoms with Crippen LogP contribution in [-0.2, 0) is 17.1 Å². The molecule has 0 amide bonds. The maximum atomic E-state index is 12.8. The van der Waals surface area contributed by atoms with Crippen molar-refractivity contribution in [3.63, 3.8) is 0 Å². The van der Waals surface area contributed by atoms with Crippen LogP contribution < -0.4 is 0 Å². The maximum absolute atomic E-state index is 12.8. The second-order valence-electron chi connectivity index (χ2n) is 5.38. The Labute approximate surface area is 134 Å². The molecule has 0 spiro atoms. The molecule has 8 heteroatoms. The Hall–Kier alpha value is -1.99. The van der Waals surface area contributed by atoms with Gasteiger partial charge in [0.2, 0.25) is 0 Å². The number of carbonyl (C=O) groups excluding carboxylic acids is 1. The van der Waals surface area contributed by atoms with Gasteiger partial charge in [-0.05, 0) is 37.1 Å². The van der Waals surface area contributed by atoms with Crippen molar-refractivity contribution in [3.8, 4) is 0 Å². The van der Waals surface area contributed by atoms with E-state index in [4.69, 9.17) is 4.74 Å². The van der Waals surface area contributed by atoms with Gasteiger partial charge in [-0.3, -0.25) is 4.79 Å². The highest BCUT2D eigenvalue weighted by Crippen LogP contribution is 2.36. The van der Waals surface area contributed by atoms with Gasteiger partial charge in [-0.2, -0.15) is 26.3 Å². The molecule has 0 atom stereocenters. The van der Waals surface area contributed by atoms with E-state index in [1.165, 1.54) is 0 Å². The molecule has 0 unspecified atom stereocenters. The van der Waals surface area contributed by atoms with Crippen LogP contribution in [0.1, 0.15) is 47.2 Å². The van der Waals surface area contributed by atoms with Crippen LogP contribution in [0.15, 0.2) is 30.0 Å². The lowest BCUT2D eigenvalue weighted by atomic mass is 9.99. The molecule has 1 aromatic rings. The smallest absolute Gasteiger partial charge is 0.416 e. The average Bonchev–Trinajstić information content (AvgIpc) is 2.51. The summed E-state index contributed by atoms with van der Waals surface area (Å²) >= 11 is 0. The Kier molecular flexibility index (Phi) is 5.25. The summed E-state index contributed by atoms with van der Waals surface area (Å²) in [6.07, 6.45) is -6.63. The molecule has 2 nitrogen and oxygen atoms in total. The number of ketones is 1. The zero-order chi connectivity index (χ0) is 18.0. The Morgan fingerprint density at radius 3 is 2.04 bits per heavy atom. The molecular formula is C16H14F6O2. The minimum Gasteiger partial charge on any atom is -0.498 e. The Bertz CT molecular complexity index is 611. The summed E-state index contributed by atoms with van der Waals surface area (Å²) in [5.74, 6) is -0.251. The van der Waals surface area contributed by atoms with Crippen LogP contribution in [0.3, 0.4) is 0 Å². The Morgan fingerprint density at radius 2 is 1.58 bits per heavy atom. The molecule has 0 aromatic heterocycles. The molecule has 132 valence electrons. The van der Waals surface area contributed by atoms with E-state index in [-0.39, 0.29) is 18.9 Å². The van der Waals surface area contributed by atoms with Crippen molar-refractivity contribution in [2.24, 2.45) is 0 Å². The Morgan fingerprint density at radius 1 is 1.00 bits per heavy atom. The van der Waals surface area contributed by atoms with Gasteiger partial charge in [-0.1, -0.05) is 0 Å². The molecule has 0 N–H and O–H groups in total. The molecule has 0 fully saturated rings. The number of benzene rings is 1. The predicted molar refractivity (Wildman–Crippen MR) is 73.3 cm³/mol. The van der Waals surface area contributed by atoms with E-state index in [1.54, 1.807) is 6.08 Å². The van der Waals surface area contributed by atoms with Crippen molar-refractivity contribution in [2.75, 3.05) is 6.61 Å². The number of alkyl halides is 6. The molecular weight excluding hydrogens is 338 g/mol. The second kappa shape index (κ2) is 6.86. The minimum atomic E-state index is -4.97. The van der Waals surface area contributed by atoms with Crippen LogP contribution in [0, 0.1) is 0 Å². The van der Waals surface area contributed by atoms with Gasteiger partial charge in [-0.15, -0.1) is 0 Å². The van der Waals surface area contributed by atoms with Crippen molar-refractivity contribution in [2.45, 2.75) is 38.0 Å². The third-order valence-electron chi connectivity index (χ3n) is 3.52. The third kappa shape index (κ3) is 4.75. The van der Waals surface area contributed by atoms with E-state index >= 15 is 0 Å². The number of carbonyl (C=O) groups is 1. The largest absolute Gasteiger partial charge is 0.498 e. The summed E-state index contributed by atoms with van der Waals surface area (Å²) in [4.78, 5) is 12.0. The summed E-state index contributed by atoms with van der Waals surface area (Å²) in [5.41, 5.74) is -3.59. The van der Waals surface area contributed by atoms with Crippen LogP contribution in [0.2, 0.25) is 0 Å². The summed E-state index contributed by atoms with van der Waals surface area (Å²) in [6.45, 7) is 0.488. The highest BCUT2D eigenvalue weighted by Gasteiger charge is 2.37. The number of rotatable bonds is 4.